The van der Waals surface area contributed by atoms with Gasteiger partial charge in [-0.25, -0.2) is 0 Å². The van der Waals surface area contributed by atoms with Crippen LogP contribution in [0.25, 0.3) is 0 Å². The van der Waals surface area contributed by atoms with Crippen LogP contribution in [0.15, 0.2) is 24.3 Å². The quantitative estimate of drug-likeness (QED) is 0.142. The molecule has 40 heavy (non-hydrogen) atoms. The number of rotatable bonds is 15. The zero-order valence-corrected chi connectivity index (χ0v) is 23.8. The molecular weight excluding hydrogens is 516 g/mol. The van der Waals surface area contributed by atoms with Crippen molar-refractivity contribution in [3.63, 3.8) is 0 Å². The molecule has 0 amide bonds. The zero-order chi connectivity index (χ0) is 29.7. The molecular formula is C30H40N2O8. The van der Waals surface area contributed by atoms with E-state index in [9.17, 15) is 19.2 Å². The molecule has 0 aliphatic rings. The summed E-state index contributed by atoms with van der Waals surface area (Å²) >= 11 is 0. The van der Waals surface area contributed by atoms with Crippen LogP contribution in [0, 0.1) is 13.8 Å². The van der Waals surface area contributed by atoms with Crippen LogP contribution in [0.4, 0.5) is 11.4 Å². The summed E-state index contributed by atoms with van der Waals surface area (Å²) in [6.45, 7) is 7.11. The molecule has 2 aromatic rings. The molecule has 0 unspecified atom stereocenters. The number of hydrogen-bond donors (Lipinski definition) is 2. The Hall–Kier alpha value is -4.08. The lowest BCUT2D eigenvalue weighted by atomic mass is 9.97. The molecule has 0 saturated heterocycles. The molecule has 10 heteroatoms. The molecule has 218 valence electrons. The standard InChI is InChI=1S/C30H40N2O8/c1-19-25(17-39-21(3)33)23(9-11-27(19)31)7-5-15-37-29(35)13-14-30(36)38-16-6-8-24-10-12-28(32)20(2)26(24)18-40-22(4)34/h9-12H,5-8,13-18,31-32H2,1-4H3. The van der Waals surface area contributed by atoms with Crippen LogP contribution in [0.1, 0.15) is 72.9 Å². The van der Waals surface area contributed by atoms with Crippen LogP contribution >= 0.6 is 0 Å². The van der Waals surface area contributed by atoms with Crippen LogP contribution in [0.2, 0.25) is 0 Å². The monoisotopic (exact) mass is 556 g/mol. The Kier molecular flexibility index (Phi) is 13.0. The fraction of sp³-hybridized carbons (Fsp3) is 0.467. The molecule has 2 aromatic carbocycles. The van der Waals surface area contributed by atoms with Gasteiger partial charge in [0, 0.05) is 25.2 Å². The van der Waals surface area contributed by atoms with E-state index in [1.165, 1.54) is 13.8 Å². The Morgan fingerprint density at radius 2 is 1.00 bits per heavy atom. The molecule has 0 spiro atoms. The topological polar surface area (TPSA) is 157 Å². The van der Waals surface area contributed by atoms with Gasteiger partial charge in [-0.3, -0.25) is 19.2 Å². The van der Waals surface area contributed by atoms with Crippen LogP contribution < -0.4 is 11.5 Å². The minimum Gasteiger partial charge on any atom is -0.466 e. The van der Waals surface area contributed by atoms with Crippen molar-refractivity contribution in [2.24, 2.45) is 0 Å². The molecule has 0 bridgehead atoms. The third kappa shape index (κ3) is 10.6. The minimum atomic E-state index is -0.474. The Labute approximate surface area is 235 Å². The summed E-state index contributed by atoms with van der Waals surface area (Å²) in [5.74, 6) is -1.69. The summed E-state index contributed by atoms with van der Waals surface area (Å²) in [7, 11) is 0. The summed E-state index contributed by atoms with van der Waals surface area (Å²) in [4.78, 5) is 46.6. The van der Waals surface area contributed by atoms with Gasteiger partial charge in [0.1, 0.15) is 13.2 Å². The van der Waals surface area contributed by atoms with E-state index in [0.29, 0.717) is 37.1 Å². The third-order valence-electron chi connectivity index (χ3n) is 6.55. The summed E-state index contributed by atoms with van der Waals surface area (Å²) in [6, 6.07) is 7.37. The van der Waals surface area contributed by atoms with Crippen molar-refractivity contribution >= 4 is 35.3 Å². The van der Waals surface area contributed by atoms with E-state index >= 15 is 0 Å². The maximum absolute atomic E-state index is 12.1. The van der Waals surface area contributed by atoms with Crippen molar-refractivity contribution in [1.82, 2.24) is 0 Å². The van der Waals surface area contributed by atoms with Crippen LogP contribution in [0.5, 0.6) is 0 Å². The summed E-state index contributed by atoms with van der Waals surface area (Å²) in [5.41, 5.74) is 18.6. The molecule has 0 fully saturated rings. The van der Waals surface area contributed by atoms with E-state index in [1.54, 1.807) is 12.1 Å². The van der Waals surface area contributed by atoms with Crippen LogP contribution in [-0.4, -0.2) is 37.1 Å². The number of carbonyl (C=O) groups is 4. The summed E-state index contributed by atoms with van der Waals surface area (Å²) in [6.07, 6.45) is 2.22. The van der Waals surface area contributed by atoms with Crippen molar-refractivity contribution in [3.05, 3.63) is 57.6 Å². The van der Waals surface area contributed by atoms with Gasteiger partial charge in [0.05, 0.1) is 26.1 Å². The second-order valence-corrected chi connectivity index (χ2v) is 9.54. The number of nitrogen functional groups attached to an aromatic ring is 2. The first-order chi connectivity index (χ1) is 19.0. The van der Waals surface area contributed by atoms with Crippen molar-refractivity contribution in [1.29, 1.82) is 0 Å². The molecule has 0 saturated carbocycles. The number of hydrogen-bond acceptors (Lipinski definition) is 10. The fourth-order valence-electron chi connectivity index (χ4n) is 4.13. The number of carbonyl (C=O) groups excluding carboxylic acids is 4. The molecule has 4 N–H and O–H groups in total. The highest BCUT2D eigenvalue weighted by molar-refractivity contribution is 5.77. The number of aryl methyl sites for hydroxylation is 2. The average Bonchev–Trinajstić information content (AvgIpc) is 2.90. The normalized spacial score (nSPS) is 10.6. The predicted molar refractivity (Wildman–Crippen MR) is 150 cm³/mol. The SMILES string of the molecule is CC(=O)OCc1c(CCCOC(=O)CCC(=O)OCCCc2ccc(N)c(C)c2COC(C)=O)ccc(N)c1C. The molecule has 0 aliphatic heterocycles. The number of ether oxygens (including phenoxy) is 4. The van der Waals surface area contributed by atoms with Crippen molar-refractivity contribution in [2.75, 3.05) is 24.7 Å². The number of anilines is 2. The number of nitrogens with two attached hydrogens (primary N) is 2. The van der Waals surface area contributed by atoms with E-state index in [-0.39, 0.29) is 51.2 Å². The van der Waals surface area contributed by atoms with Gasteiger partial charge >= 0.3 is 23.9 Å². The van der Waals surface area contributed by atoms with Gasteiger partial charge in [-0.15, -0.1) is 0 Å². The molecule has 0 radical (unpaired) electrons. The second-order valence-electron chi connectivity index (χ2n) is 9.54. The van der Waals surface area contributed by atoms with Gasteiger partial charge in [0.2, 0.25) is 0 Å². The summed E-state index contributed by atoms with van der Waals surface area (Å²) in [5, 5.41) is 0. The van der Waals surface area contributed by atoms with Gasteiger partial charge in [-0.1, -0.05) is 12.1 Å². The highest BCUT2D eigenvalue weighted by atomic mass is 16.5. The van der Waals surface area contributed by atoms with E-state index < -0.39 is 11.9 Å². The van der Waals surface area contributed by atoms with Gasteiger partial charge in [0.15, 0.2) is 0 Å². The van der Waals surface area contributed by atoms with E-state index in [4.69, 9.17) is 30.4 Å². The summed E-state index contributed by atoms with van der Waals surface area (Å²) < 4.78 is 20.8. The van der Waals surface area contributed by atoms with Gasteiger partial charge in [-0.05, 0) is 85.0 Å². The van der Waals surface area contributed by atoms with Gasteiger partial charge in [-0.2, -0.15) is 0 Å². The smallest absolute Gasteiger partial charge is 0.306 e. The lowest BCUT2D eigenvalue weighted by molar-refractivity contribution is -0.150. The lowest BCUT2D eigenvalue weighted by Crippen LogP contribution is -2.12. The average molecular weight is 557 g/mol. The lowest BCUT2D eigenvalue weighted by Gasteiger charge is -2.15. The molecule has 10 nitrogen and oxygen atoms in total. The first kappa shape index (κ1) is 32.1. The van der Waals surface area contributed by atoms with Crippen molar-refractivity contribution in [2.45, 2.75) is 79.4 Å². The Morgan fingerprint density at radius 1 is 0.625 bits per heavy atom. The maximum atomic E-state index is 12.1. The van der Waals surface area contributed by atoms with Gasteiger partial charge in [0.25, 0.3) is 0 Å². The molecule has 0 aliphatic carbocycles. The first-order valence-corrected chi connectivity index (χ1v) is 13.3. The molecule has 0 aromatic heterocycles. The van der Waals surface area contributed by atoms with Gasteiger partial charge < -0.3 is 30.4 Å². The second kappa shape index (κ2) is 16.1. The minimum absolute atomic E-state index is 0.0683. The van der Waals surface area contributed by atoms with E-state index in [1.807, 2.05) is 26.0 Å². The van der Waals surface area contributed by atoms with Crippen molar-refractivity contribution in [3.8, 4) is 0 Å². The maximum Gasteiger partial charge on any atom is 0.306 e. The molecule has 2 rings (SSSR count). The van der Waals surface area contributed by atoms with Crippen molar-refractivity contribution < 1.29 is 38.1 Å². The Bertz CT molecular complexity index is 1120. The third-order valence-corrected chi connectivity index (χ3v) is 6.55. The number of benzene rings is 2. The predicted octanol–water partition coefficient (Wildman–Crippen LogP) is 4.03. The largest absolute Gasteiger partial charge is 0.466 e. The van der Waals surface area contributed by atoms with E-state index in [0.717, 1.165) is 33.4 Å². The molecule has 0 heterocycles. The van der Waals surface area contributed by atoms with E-state index in [2.05, 4.69) is 0 Å². The fourth-order valence-corrected chi connectivity index (χ4v) is 4.13. The zero-order valence-electron chi connectivity index (χ0n) is 23.8. The number of esters is 4. The highest BCUT2D eigenvalue weighted by Crippen LogP contribution is 2.24. The first-order valence-electron chi connectivity index (χ1n) is 13.3. The highest BCUT2D eigenvalue weighted by Gasteiger charge is 2.13. The Morgan fingerprint density at radius 3 is 1.35 bits per heavy atom. The van der Waals surface area contributed by atoms with Crippen LogP contribution in [-0.2, 0) is 64.2 Å². The van der Waals surface area contributed by atoms with Crippen LogP contribution in [0.3, 0.4) is 0 Å². The molecule has 0 atom stereocenters. The Balaban J connectivity index is 1.69.